The van der Waals surface area contributed by atoms with Crippen LogP contribution in [-0.4, -0.2) is 50.7 Å². The van der Waals surface area contributed by atoms with Gasteiger partial charge >= 0.3 is 0 Å². The van der Waals surface area contributed by atoms with E-state index in [4.69, 9.17) is 0 Å². The molecule has 23 heavy (non-hydrogen) atoms. The van der Waals surface area contributed by atoms with E-state index in [1.165, 1.54) is 62.3 Å². The van der Waals surface area contributed by atoms with Crippen LogP contribution in [0.25, 0.3) is 10.8 Å². The fourth-order valence-corrected chi connectivity index (χ4v) is 4.68. The summed E-state index contributed by atoms with van der Waals surface area (Å²) in [6.07, 6.45) is 0. The zero-order valence-electron chi connectivity index (χ0n) is 13.6. The second-order valence-corrected chi connectivity index (χ2v) is 7.47. The van der Waals surface area contributed by atoms with Gasteiger partial charge in [-0.05, 0) is 53.7 Å². The summed E-state index contributed by atoms with van der Waals surface area (Å²) in [6.45, 7) is 8.64. The van der Waals surface area contributed by atoms with Crippen LogP contribution in [0.4, 0.5) is 5.69 Å². The van der Waals surface area contributed by atoms with Crippen LogP contribution in [0.3, 0.4) is 0 Å². The third-order valence-corrected chi connectivity index (χ3v) is 6.21. The molecular formula is C20H25N3. The van der Waals surface area contributed by atoms with Gasteiger partial charge in [0.05, 0.1) is 0 Å². The standard InChI is InChI=1S/C20H25N3/c1-2-4-16-11-17(6-5-15(16)3-1)23-9-7-22(8-10-23)14-20-18-12-21-13-19(18)20/h1-6,11,18-21H,7-10,12-14H2/t18-,19+,20?. The first-order valence-corrected chi connectivity index (χ1v) is 9.05. The minimum Gasteiger partial charge on any atom is -0.369 e. The van der Waals surface area contributed by atoms with Crippen molar-refractivity contribution in [1.29, 1.82) is 0 Å². The number of rotatable bonds is 3. The maximum absolute atomic E-state index is 3.51. The van der Waals surface area contributed by atoms with Gasteiger partial charge in [-0.25, -0.2) is 0 Å². The second kappa shape index (κ2) is 5.50. The minimum atomic E-state index is 0.989. The number of fused-ring (bicyclic) bond motifs is 2. The summed E-state index contributed by atoms with van der Waals surface area (Å²) in [4.78, 5) is 5.25. The highest BCUT2D eigenvalue weighted by Crippen LogP contribution is 2.48. The Morgan fingerprint density at radius 1 is 0.870 bits per heavy atom. The van der Waals surface area contributed by atoms with E-state index in [0.29, 0.717) is 0 Å². The summed E-state index contributed by atoms with van der Waals surface area (Å²) in [5, 5.41) is 6.19. The average Bonchev–Trinajstić information content (AvgIpc) is 3.04. The molecule has 3 heteroatoms. The lowest BCUT2D eigenvalue weighted by atomic mass is 10.1. The van der Waals surface area contributed by atoms with Gasteiger partial charge in [0, 0.05) is 38.4 Å². The number of nitrogens with zero attached hydrogens (tertiary/aromatic N) is 2. The van der Waals surface area contributed by atoms with E-state index >= 15 is 0 Å². The van der Waals surface area contributed by atoms with Crippen molar-refractivity contribution < 1.29 is 0 Å². The summed E-state index contributed by atoms with van der Waals surface area (Å²) in [5.41, 5.74) is 1.39. The topological polar surface area (TPSA) is 18.5 Å². The van der Waals surface area contributed by atoms with Gasteiger partial charge in [0.2, 0.25) is 0 Å². The van der Waals surface area contributed by atoms with E-state index in [0.717, 1.165) is 17.8 Å². The fourth-order valence-electron chi connectivity index (χ4n) is 4.68. The van der Waals surface area contributed by atoms with Crippen molar-refractivity contribution in [3.8, 4) is 0 Å². The van der Waals surface area contributed by atoms with Crippen LogP contribution in [0.5, 0.6) is 0 Å². The number of benzene rings is 2. The third kappa shape index (κ3) is 2.52. The van der Waals surface area contributed by atoms with Crippen LogP contribution in [-0.2, 0) is 0 Å². The average molecular weight is 307 g/mol. The van der Waals surface area contributed by atoms with Crippen LogP contribution in [0.15, 0.2) is 42.5 Å². The van der Waals surface area contributed by atoms with Crippen molar-refractivity contribution in [2.45, 2.75) is 0 Å². The minimum absolute atomic E-state index is 0.989. The molecule has 120 valence electrons. The molecule has 2 aromatic rings. The van der Waals surface area contributed by atoms with Crippen molar-refractivity contribution in [1.82, 2.24) is 10.2 Å². The molecule has 1 aliphatic carbocycles. The molecule has 2 heterocycles. The maximum atomic E-state index is 3.51. The Bertz CT molecular complexity index is 695. The van der Waals surface area contributed by atoms with Crippen molar-refractivity contribution in [3.05, 3.63) is 42.5 Å². The first kappa shape index (κ1) is 13.8. The van der Waals surface area contributed by atoms with Crippen LogP contribution < -0.4 is 10.2 Å². The molecule has 3 aliphatic rings. The van der Waals surface area contributed by atoms with Gasteiger partial charge in [0.1, 0.15) is 0 Å². The Hall–Kier alpha value is -1.58. The molecular weight excluding hydrogens is 282 g/mol. The zero-order chi connectivity index (χ0) is 15.2. The molecule has 0 amide bonds. The molecule has 1 unspecified atom stereocenters. The Morgan fingerprint density at radius 2 is 1.61 bits per heavy atom. The molecule has 2 saturated heterocycles. The van der Waals surface area contributed by atoms with E-state index < -0.39 is 0 Å². The molecule has 0 radical (unpaired) electrons. The highest BCUT2D eigenvalue weighted by Gasteiger charge is 2.52. The maximum Gasteiger partial charge on any atom is 0.0373 e. The molecule has 2 aromatic carbocycles. The molecule has 3 fully saturated rings. The van der Waals surface area contributed by atoms with Crippen molar-refractivity contribution >= 4 is 16.5 Å². The monoisotopic (exact) mass is 307 g/mol. The highest BCUT2D eigenvalue weighted by atomic mass is 15.3. The predicted octanol–water partition coefficient (Wildman–Crippen LogP) is 2.43. The van der Waals surface area contributed by atoms with E-state index in [2.05, 4.69) is 57.6 Å². The number of hydrogen-bond acceptors (Lipinski definition) is 3. The third-order valence-electron chi connectivity index (χ3n) is 6.21. The molecule has 0 aromatic heterocycles. The lowest BCUT2D eigenvalue weighted by molar-refractivity contribution is 0.237. The number of hydrogen-bond donors (Lipinski definition) is 1. The molecule has 0 bridgehead atoms. The van der Waals surface area contributed by atoms with Crippen LogP contribution in [0.2, 0.25) is 0 Å². The van der Waals surface area contributed by atoms with Crippen molar-refractivity contribution in [3.63, 3.8) is 0 Å². The summed E-state index contributed by atoms with van der Waals surface area (Å²) in [7, 11) is 0. The molecule has 3 atom stereocenters. The van der Waals surface area contributed by atoms with Crippen LogP contribution >= 0.6 is 0 Å². The molecule has 1 saturated carbocycles. The van der Waals surface area contributed by atoms with Gasteiger partial charge in [-0.2, -0.15) is 0 Å². The number of anilines is 1. The van der Waals surface area contributed by atoms with Crippen molar-refractivity contribution in [2.24, 2.45) is 17.8 Å². The lowest BCUT2D eigenvalue weighted by Crippen LogP contribution is -2.47. The Kier molecular flexibility index (Phi) is 3.31. The summed E-state index contributed by atoms with van der Waals surface area (Å²) in [5.74, 6) is 2.98. The second-order valence-electron chi connectivity index (χ2n) is 7.47. The smallest absolute Gasteiger partial charge is 0.0373 e. The Labute approximate surface area is 138 Å². The normalized spacial score (nSPS) is 30.6. The highest BCUT2D eigenvalue weighted by molar-refractivity contribution is 5.85. The fraction of sp³-hybridized carbons (Fsp3) is 0.500. The van der Waals surface area contributed by atoms with E-state index in [9.17, 15) is 0 Å². The molecule has 2 aliphatic heterocycles. The first-order valence-electron chi connectivity index (χ1n) is 9.05. The largest absolute Gasteiger partial charge is 0.369 e. The Balaban J connectivity index is 1.22. The molecule has 0 spiro atoms. The SMILES string of the molecule is c1ccc2cc(N3CCN(CC4[C@H]5CNC[C@@H]45)CC3)ccc2c1. The van der Waals surface area contributed by atoms with Crippen LogP contribution in [0, 0.1) is 17.8 Å². The molecule has 1 N–H and O–H groups in total. The Morgan fingerprint density at radius 3 is 2.39 bits per heavy atom. The summed E-state index contributed by atoms with van der Waals surface area (Å²) < 4.78 is 0. The number of nitrogens with one attached hydrogen (secondary N) is 1. The van der Waals surface area contributed by atoms with Gasteiger partial charge in [-0.15, -0.1) is 0 Å². The van der Waals surface area contributed by atoms with E-state index in [1.807, 2.05) is 0 Å². The first-order chi connectivity index (χ1) is 11.4. The molecule has 3 nitrogen and oxygen atoms in total. The van der Waals surface area contributed by atoms with Gasteiger partial charge in [-0.1, -0.05) is 30.3 Å². The van der Waals surface area contributed by atoms with Gasteiger partial charge < -0.3 is 10.2 Å². The van der Waals surface area contributed by atoms with E-state index in [1.54, 1.807) is 0 Å². The van der Waals surface area contributed by atoms with Gasteiger partial charge in [0.25, 0.3) is 0 Å². The van der Waals surface area contributed by atoms with E-state index in [-0.39, 0.29) is 0 Å². The number of piperidine rings is 1. The molecule has 5 rings (SSSR count). The summed E-state index contributed by atoms with van der Waals surface area (Å²) >= 11 is 0. The number of piperazine rings is 1. The summed E-state index contributed by atoms with van der Waals surface area (Å²) in [6, 6.07) is 15.6. The van der Waals surface area contributed by atoms with Gasteiger partial charge in [-0.3, -0.25) is 4.90 Å². The lowest BCUT2D eigenvalue weighted by Gasteiger charge is -2.36. The predicted molar refractivity (Wildman–Crippen MR) is 95.9 cm³/mol. The zero-order valence-corrected chi connectivity index (χ0v) is 13.6. The van der Waals surface area contributed by atoms with Crippen molar-refractivity contribution in [2.75, 3.05) is 50.7 Å². The van der Waals surface area contributed by atoms with Crippen LogP contribution in [0.1, 0.15) is 0 Å². The van der Waals surface area contributed by atoms with Gasteiger partial charge in [0.15, 0.2) is 0 Å². The quantitative estimate of drug-likeness (QED) is 0.939.